The third-order valence-corrected chi connectivity index (χ3v) is 3.66. The number of benzene rings is 1. The molecular weight excluding hydrogens is 270 g/mol. The van der Waals surface area contributed by atoms with Gasteiger partial charge < -0.3 is 14.5 Å². The smallest absolute Gasteiger partial charge is 0.347 e. The van der Waals surface area contributed by atoms with Crippen molar-refractivity contribution in [3.63, 3.8) is 0 Å². The minimum absolute atomic E-state index is 0.309. The highest BCUT2D eigenvalue weighted by atomic mass is 16.6. The van der Waals surface area contributed by atoms with E-state index in [1.54, 1.807) is 0 Å². The molecule has 1 aliphatic rings. The summed E-state index contributed by atoms with van der Waals surface area (Å²) in [5, 5.41) is 1.19. The van der Waals surface area contributed by atoms with Crippen LogP contribution in [-0.2, 0) is 25.5 Å². The second-order valence-corrected chi connectivity index (χ2v) is 5.15. The van der Waals surface area contributed by atoms with E-state index in [0.717, 1.165) is 11.9 Å². The molecule has 5 heteroatoms. The first-order valence-electron chi connectivity index (χ1n) is 7.15. The van der Waals surface area contributed by atoms with Gasteiger partial charge in [0.05, 0.1) is 6.61 Å². The molecule has 110 valence electrons. The van der Waals surface area contributed by atoms with Crippen molar-refractivity contribution in [2.75, 3.05) is 6.61 Å². The summed E-state index contributed by atoms with van der Waals surface area (Å²) >= 11 is 0. The van der Waals surface area contributed by atoms with Gasteiger partial charge in [0.1, 0.15) is 0 Å². The van der Waals surface area contributed by atoms with Crippen LogP contribution in [-0.4, -0.2) is 29.6 Å². The molecule has 0 spiro atoms. The Kier molecular flexibility index (Phi) is 3.90. The van der Waals surface area contributed by atoms with E-state index in [1.165, 1.54) is 10.9 Å². The summed E-state index contributed by atoms with van der Waals surface area (Å²) in [5.41, 5.74) is 2.29. The summed E-state index contributed by atoms with van der Waals surface area (Å²) in [4.78, 5) is 26.1. The normalized spacial score (nSPS) is 17.9. The number of para-hydroxylation sites is 1. The third-order valence-electron chi connectivity index (χ3n) is 3.66. The van der Waals surface area contributed by atoms with Gasteiger partial charge >= 0.3 is 11.9 Å². The number of fused-ring (bicyclic) bond motifs is 1. The highest BCUT2D eigenvalue weighted by Crippen LogP contribution is 2.20. The first-order valence-corrected chi connectivity index (χ1v) is 7.15. The van der Waals surface area contributed by atoms with Crippen molar-refractivity contribution in [3.05, 3.63) is 36.0 Å². The fourth-order valence-electron chi connectivity index (χ4n) is 2.56. The van der Waals surface area contributed by atoms with Crippen LogP contribution in [0.25, 0.3) is 10.9 Å². The summed E-state index contributed by atoms with van der Waals surface area (Å²) in [6.07, 6.45) is 3.54. The van der Waals surface area contributed by atoms with E-state index >= 15 is 0 Å². The molecule has 3 rings (SSSR count). The monoisotopic (exact) mass is 287 g/mol. The molecule has 2 heterocycles. The number of hydrogen-bond acceptors (Lipinski definition) is 4. The Hall–Kier alpha value is -2.30. The number of cyclic esters (lactones) is 1. The van der Waals surface area contributed by atoms with Gasteiger partial charge in [-0.15, -0.1) is 0 Å². The number of ether oxygens (including phenoxy) is 2. The minimum atomic E-state index is -0.703. The molecule has 1 aliphatic heterocycles. The largest absolute Gasteiger partial charge is 0.463 e. The van der Waals surface area contributed by atoms with Crippen LogP contribution >= 0.6 is 0 Å². The molecule has 0 unspecified atom stereocenters. The van der Waals surface area contributed by atoms with E-state index in [2.05, 4.69) is 11.1 Å². The fraction of sp³-hybridized carbons (Fsp3) is 0.375. The van der Waals surface area contributed by atoms with E-state index in [9.17, 15) is 9.59 Å². The number of aromatic amines is 1. The highest BCUT2D eigenvalue weighted by Gasteiger charge is 2.29. The second-order valence-electron chi connectivity index (χ2n) is 5.15. The molecule has 1 fully saturated rings. The molecule has 0 amide bonds. The minimum Gasteiger partial charge on any atom is -0.463 e. The number of aryl methyl sites for hydroxylation is 1. The average Bonchev–Trinajstić information content (AvgIpc) is 3.07. The van der Waals surface area contributed by atoms with Gasteiger partial charge in [0.15, 0.2) is 0 Å². The van der Waals surface area contributed by atoms with Gasteiger partial charge in [-0.2, -0.15) is 0 Å². The van der Waals surface area contributed by atoms with E-state index in [-0.39, 0.29) is 5.97 Å². The lowest BCUT2D eigenvalue weighted by Gasteiger charge is -2.07. The Morgan fingerprint density at radius 3 is 3.05 bits per heavy atom. The maximum Gasteiger partial charge on any atom is 0.347 e. The molecule has 21 heavy (non-hydrogen) atoms. The van der Waals surface area contributed by atoms with Crippen molar-refractivity contribution in [2.45, 2.75) is 31.8 Å². The fourth-order valence-corrected chi connectivity index (χ4v) is 2.56. The molecule has 0 aliphatic carbocycles. The number of carbonyl (C=O) groups is 2. The van der Waals surface area contributed by atoms with Gasteiger partial charge in [0.25, 0.3) is 0 Å². The predicted molar refractivity (Wildman–Crippen MR) is 76.7 cm³/mol. The zero-order valence-electron chi connectivity index (χ0n) is 11.6. The number of H-pyrrole nitrogens is 1. The van der Waals surface area contributed by atoms with Crippen molar-refractivity contribution in [1.82, 2.24) is 4.98 Å². The van der Waals surface area contributed by atoms with Gasteiger partial charge in [-0.1, -0.05) is 18.2 Å². The van der Waals surface area contributed by atoms with Gasteiger partial charge in [-0.3, -0.25) is 4.79 Å². The highest BCUT2D eigenvalue weighted by molar-refractivity contribution is 5.83. The Morgan fingerprint density at radius 2 is 2.24 bits per heavy atom. The summed E-state index contributed by atoms with van der Waals surface area (Å²) in [6.45, 7) is 0.339. The van der Waals surface area contributed by atoms with E-state index in [0.29, 0.717) is 25.9 Å². The Labute approximate surface area is 122 Å². The quantitative estimate of drug-likeness (QED) is 0.857. The summed E-state index contributed by atoms with van der Waals surface area (Å²) in [7, 11) is 0. The number of esters is 2. The zero-order valence-corrected chi connectivity index (χ0v) is 11.6. The molecule has 1 saturated heterocycles. The van der Waals surface area contributed by atoms with Crippen LogP contribution in [0, 0.1) is 0 Å². The number of aromatic nitrogens is 1. The van der Waals surface area contributed by atoms with E-state index in [1.807, 2.05) is 24.4 Å². The standard InChI is InChI=1S/C16H17NO4/c18-15(21-14-8-9-20-16(14)19)7-3-4-11-10-17-13-6-2-1-5-12(11)13/h1-2,5-6,10,14,17H,3-4,7-9H2/t14-/m1/s1. The van der Waals surface area contributed by atoms with E-state index < -0.39 is 12.1 Å². The molecule has 0 radical (unpaired) electrons. The Morgan fingerprint density at radius 1 is 1.38 bits per heavy atom. The van der Waals surface area contributed by atoms with Crippen LogP contribution in [0.3, 0.4) is 0 Å². The van der Waals surface area contributed by atoms with Crippen LogP contribution in [0.15, 0.2) is 30.5 Å². The molecule has 0 saturated carbocycles. The lowest BCUT2D eigenvalue weighted by Crippen LogP contribution is -2.22. The van der Waals surface area contributed by atoms with Crippen LogP contribution in [0.1, 0.15) is 24.8 Å². The predicted octanol–water partition coefficient (Wildman–Crippen LogP) is 2.35. The zero-order chi connectivity index (χ0) is 14.7. The maximum atomic E-state index is 11.7. The topological polar surface area (TPSA) is 68.4 Å². The first-order chi connectivity index (χ1) is 10.2. The molecule has 1 aromatic carbocycles. The van der Waals surface area contributed by atoms with Crippen LogP contribution in [0.5, 0.6) is 0 Å². The number of carbonyl (C=O) groups excluding carboxylic acids is 2. The van der Waals surface area contributed by atoms with Gasteiger partial charge in [-0.05, 0) is 24.5 Å². The van der Waals surface area contributed by atoms with Crippen molar-refractivity contribution >= 4 is 22.8 Å². The molecule has 1 N–H and O–H groups in total. The second kappa shape index (κ2) is 5.99. The maximum absolute atomic E-state index is 11.7. The third kappa shape index (κ3) is 3.07. The Bertz CT molecular complexity index is 661. The summed E-state index contributed by atoms with van der Waals surface area (Å²) in [6, 6.07) is 8.08. The van der Waals surface area contributed by atoms with Crippen molar-refractivity contribution < 1.29 is 19.1 Å². The van der Waals surface area contributed by atoms with Gasteiger partial charge in [0, 0.05) is 29.9 Å². The lowest BCUT2D eigenvalue weighted by molar-refractivity contribution is -0.160. The molecule has 5 nitrogen and oxygen atoms in total. The SMILES string of the molecule is O=C(CCCc1c[nH]c2ccccc12)O[C@@H]1CCOC1=O. The lowest BCUT2D eigenvalue weighted by atomic mass is 10.1. The van der Waals surface area contributed by atoms with Gasteiger partial charge in [-0.25, -0.2) is 4.79 Å². The van der Waals surface area contributed by atoms with Crippen LogP contribution < -0.4 is 0 Å². The molecule has 0 bridgehead atoms. The van der Waals surface area contributed by atoms with Crippen molar-refractivity contribution in [1.29, 1.82) is 0 Å². The molecule has 1 atom stereocenters. The summed E-state index contributed by atoms with van der Waals surface area (Å²) in [5.74, 6) is -0.765. The molecule has 2 aromatic rings. The average molecular weight is 287 g/mol. The van der Waals surface area contributed by atoms with Crippen LogP contribution in [0.4, 0.5) is 0 Å². The first kappa shape index (κ1) is 13.7. The van der Waals surface area contributed by atoms with Gasteiger partial charge in [0.2, 0.25) is 6.10 Å². The van der Waals surface area contributed by atoms with Crippen molar-refractivity contribution in [2.24, 2.45) is 0 Å². The van der Waals surface area contributed by atoms with Crippen LogP contribution in [0.2, 0.25) is 0 Å². The number of hydrogen-bond donors (Lipinski definition) is 1. The van der Waals surface area contributed by atoms with Crippen molar-refractivity contribution in [3.8, 4) is 0 Å². The van der Waals surface area contributed by atoms with E-state index in [4.69, 9.17) is 9.47 Å². The number of rotatable bonds is 5. The molecule has 1 aromatic heterocycles. The number of nitrogens with one attached hydrogen (secondary N) is 1. The Balaban J connectivity index is 1.49. The molecular formula is C16H17NO4. The summed E-state index contributed by atoms with van der Waals surface area (Å²) < 4.78 is 9.87.